The maximum atomic E-state index is 4.27. The van der Waals surface area contributed by atoms with E-state index in [-0.39, 0.29) is 24.0 Å². The van der Waals surface area contributed by atoms with Gasteiger partial charge in [0.2, 0.25) is 0 Å². The van der Waals surface area contributed by atoms with E-state index in [1.807, 2.05) is 25.8 Å². The van der Waals surface area contributed by atoms with Crippen molar-refractivity contribution in [1.82, 2.24) is 20.2 Å². The molecule has 1 atom stereocenters. The van der Waals surface area contributed by atoms with E-state index in [1.54, 1.807) is 0 Å². The zero-order valence-corrected chi connectivity index (χ0v) is 15.8. The number of rotatable bonds is 9. The molecule has 0 aromatic carbocycles. The Morgan fingerprint density at radius 1 is 1.33 bits per heavy atom. The topological polar surface area (TPSA) is 54.2 Å². The predicted octanol–water partition coefficient (Wildman–Crippen LogP) is 3.03. The smallest absolute Gasteiger partial charge is 0.191 e. The van der Waals surface area contributed by atoms with Crippen molar-refractivity contribution in [2.75, 3.05) is 13.6 Å². The van der Waals surface area contributed by atoms with Crippen LogP contribution in [0.3, 0.4) is 0 Å². The number of aryl methyl sites for hydroxylation is 1. The summed E-state index contributed by atoms with van der Waals surface area (Å²) in [6.07, 6.45) is 11.8. The van der Waals surface area contributed by atoms with Gasteiger partial charge in [0.05, 0.1) is 6.33 Å². The zero-order valence-electron chi connectivity index (χ0n) is 13.5. The van der Waals surface area contributed by atoms with Crippen molar-refractivity contribution in [2.24, 2.45) is 4.99 Å². The first kappa shape index (κ1) is 20.2. The van der Waals surface area contributed by atoms with Crippen LogP contribution in [0.2, 0.25) is 0 Å². The van der Waals surface area contributed by atoms with Crippen LogP contribution in [0.4, 0.5) is 0 Å². The zero-order chi connectivity index (χ0) is 14.6. The van der Waals surface area contributed by atoms with Crippen LogP contribution in [0.25, 0.3) is 0 Å². The summed E-state index contributed by atoms with van der Waals surface area (Å²) < 4.78 is 2.09. The third-order valence-electron chi connectivity index (χ3n) is 3.29. The van der Waals surface area contributed by atoms with E-state index in [0.29, 0.717) is 6.04 Å². The number of nitrogens with one attached hydrogen (secondary N) is 2. The summed E-state index contributed by atoms with van der Waals surface area (Å²) in [5, 5.41) is 6.80. The molecule has 0 saturated heterocycles. The third-order valence-corrected chi connectivity index (χ3v) is 3.29. The lowest BCUT2D eigenvalue weighted by Gasteiger charge is -2.17. The van der Waals surface area contributed by atoms with Gasteiger partial charge in [0.25, 0.3) is 0 Å². The average Bonchev–Trinajstić information content (AvgIpc) is 2.95. The first-order valence-electron chi connectivity index (χ1n) is 7.69. The van der Waals surface area contributed by atoms with Gasteiger partial charge >= 0.3 is 0 Å². The minimum absolute atomic E-state index is 0. The Kier molecular flexibility index (Phi) is 12.4. The molecule has 21 heavy (non-hydrogen) atoms. The number of halogens is 1. The fourth-order valence-electron chi connectivity index (χ4n) is 2.09. The standard InChI is InChI=1S/C15H29N5.HI/c1-4-5-6-8-14(2)19-15(16-3)18-9-7-11-20-12-10-17-13-20;/h10,12-14H,4-9,11H2,1-3H3,(H2,16,18,19);1H. The van der Waals surface area contributed by atoms with Gasteiger partial charge in [-0.1, -0.05) is 26.2 Å². The summed E-state index contributed by atoms with van der Waals surface area (Å²) in [5.41, 5.74) is 0. The van der Waals surface area contributed by atoms with Gasteiger partial charge in [-0.05, 0) is 19.8 Å². The van der Waals surface area contributed by atoms with Crippen LogP contribution in [-0.4, -0.2) is 35.1 Å². The molecule has 2 N–H and O–H groups in total. The fourth-order valence-corrected chi connectivity index (χ4v) is 2.09. The van der Waals surface area contributed by atoms with Gasteiger partial charge in [0, 0.05) is 38.6 Å². The number of aromatic nitrogens is 2. The van der Waals surface area contributed by atoms with Crippen molar-refractivity contribution in [1.29, 1.82) is 0 Å². The highest BCUT2D eigenvalue weighted by Crippen LogP contribution is 2.02. The molecule has 0 radical (unpaired) electrons. The van der Waals surface area contributed by atoms with Gasteiger partial charge in [-0.2, -0.15) is 0 Å². The lowest BCUT2D eigenvalue weighted by atomic mass is 10.1. The van der Waals surface area contributed by atoms with E-state index in [0.717, 1.165) is 25.5 Å². The van der Waals surface area contributed by atoms with Gasteiger partial charge < -0.3 is 15.2 Å². The van der Waals surface area contributed by atoms with E-state index in [4.69, 9.17) is 0 Å². The Hall–Kier alpha value is -0.790. The van der Waals surface area contributed by atoms with Crippen molar-refractivity contribution in [2.45, 2.75) is 58.5 Å². The van der Waals surface area contributed by atoms with E-state index >= 15 is 0 Å². The average molecular weight is 407 g/mol. The maximum Gasteiger partial charge on any atom is 0.191 e. The van der Waals surface area contributed by atoms with Crippen molar-refractivity contribution in [3.8, 4) is 0 Å². The van der Waals surface area contributed by atoms with Crippen LogP contribution in [0.1, 0.15) is 46.0 Å². The fraction of sp³-hybridized carbons (Fsp3) is 0.733. The first-order valence-corrected chi connectivity index (χ1v) is 7.69. The monoisotopic (exact) mass is 407 g/mol. The molecular formula is C15H30IN5. The minimum Gasteiger partial charge on any atom is -0.356 e. The lowest BCUT2D eigenvalue weighted by molar-refractivity contribution is 0.543. The molecule has 6 heteroatoms. The molecule has 0 saturated carbocycles. The lowest BCUT2D eigenvalue weighted by Crippen LogP contribution is -2.42. The summed E-state index contributed by atoms with van der Waals surface area (Å²) in [6.45, 7) is 6.35. The normalized spacial score (nSPS) is 12.6. The summed E-state index contributed by atoms with van der Waals surface area (Å²) >= 11 is 0. The van der Waals surface area contributed by atoms with Crippen molar-refractivity contribution in [3.63, 3.8) is 0 Å². The molecule has 0 aliphatic rings. The maximum absolute atomic E-state index is 4.27. The summed E-state index contributed by atoms with van der Waals surface area (Å²) in [4.78, 5) is 8.30. The van der Waals surface area contributed by atoms with Crippen LogP contribution in [-0.2, 0) is 6.54 Å². The predicted molar refractivity (Wildman–Crippen MR) is 100 cm³/mol. The summed E-state index contributed by atoms with van der Waals surface area (Å²) in [5.74, 6) is 0.902. The van der Waals surface area contributed by atoms with E-state index in [2.05, 4.69) is 39.0 Å². The van der Waals surface area contributed by atoms with Crippen LogP contribution in [0.5, 0.6) is 0 Å². The second-order valence-electron chi connectivity index (χ2n) is 5.19. The van der Waals surface area contributed by atoms with Crippen molar-refractivity contribution < 1.29 is 0 Å². The molecule has 1 aromatic heterocycles. The second-order valence-corrected chi connectivity index (χ2v) is 5.19. The number of imidazole rings is 1. The molecule has 1 unspecified atom stereocenters. The molecule has 122 valence electrons. The van der Waals surface area contributed by atoms with Gasteiger partial charge in [-0.15, -0.1) is 24.0 Å². The molecule has 1 heterocycles. The second kappa shape index (κ2) is 12.9. The molecule has 5 nitrogen and oxygen atoms in total. The molecule has 0 aliphatic carbocycles. The number of guanidine groups is 1. The highest BCUT2D eigenvalue weighted by atomic mass is 127. The Labute approximate surface area is 146 Å². The van der Waals surface area contributed by atoms with Gasteiger partial charge in [-0.25, -0.2) is 4.98 Å². The minimum atomic E-state index is 0. The van der Waals surface area contributed by atoms with Crippen LogP contribution in [0, 0.1) is 0 Å². The molecule has 1 aromatic rings. The number of hydrogen-bond acceptors (Lipinski definition) is 2. The Morgan fingerprint density at radius 3 is 2.76 bits per heavy atom. The van der Waals surface area contributed by atoms with Gasteiger partial charge in [0.1, 0.15) is 0 Å². The Bertz CT molecular complexity index is 364. The Morgan fingerprint density at radius 2 is 2.14 bits per heavy atom. The van der Waals surface area contributed by atoms with Crippen molar-refractivity contribution >= 4 is 29.9 Å². The largest absolute Gasteiger partial charge is 0.356 e. The highest BCUT2D eigenvalue weighted by molar-refractivity contribution is 14.0. The van der Waals surface area contributed by atoms with E-state index in [9.17, 15) is 0 Å². The molecule has 0 aliphatic heterocycles. The molecule has 0 amide bonds. The van der Waals surface area contributed by atoms with Crippen LogP contribution in [0.15, 0.2) is 23.7 Å². The number of aliphatic imine (C=N–C) groups is 1. The molecule has 0 spiro atoms. The molecule has 0 bridgehead atoms. The molecular weight excluding hydrogens is 377 g/mol. The third kappa shape index (κ3) is 9.71. The van der Waals surface area contributed by atoms with E-state index < -0.39 is 0 Å². The molecule has 0 fully saturated rings. The van der Waals surface area contributed by atoms with Crippen LogP contribution < -0.4 is 10.6 Å². The summed E-state index contributed by atoms with van der Waals surface area (Å²) in [6, 6.07) is 0.474. The molecule has 1 rings (SSSR count). The number of unbranched alkanes of at least 4 members (excludes halogenated alkanes) is 2. The van der Waals surface area contributed by atoms with E-state index in [1.165, 1.54) is 25.7 Å². The Balaban J connectivity index is 0.00000400. The van der Waals surface area contributed by atoms with Gasteiger partial charge in [-0.3, -0.25) is 4.99 Å². The quantitative estimate of drug-likeness (QED) is 0.286. The highest BCUT2D eigenvalue weighted by Gasteiger charge is 2.04. The van der Waals surface area contributed by atoms with Crippen molar-refractivity contribution in [3.05, 3.63) is 18.7 Å². The van der Waals surface area contributed by atoms with Gasteiger partial charge in [0.15, 0.2) is 5.96 Å². The first-order chi connectivity index (χ1) is 9.76. The number of hydrogen-bond donors (Lipinski definition) is 2. The SMILES string of the molecule is CCCCCC(C)NC(=NC)NCCCn1ccnc1.I. The number of nitrogens with zero attached hydrogens (tertiary/aromatic N) is 3. The van der Waals surface area contributed by atoms with Crippen LogP contribution >= 0.6 is 24.0 Å². The summed E-state index contributed by atoms with van der Waals surface area (Å²) in [7, 11) is 1.82.